The van der Waals surface area contributed by atoms with Crippen LogP contribution in [0.4, 0.5) is 5.69 Å². The summed E-state index contributed by atoms with van der Waals surface area (Å²) in [5.74, 6) is -1.08. The first-order valence-electron chi connectivity index (χ1n) is 7.46. The maximum Gasteiger partial charge on any atom is 0.342 e. The van der Waals surface area contributed by atoms with Crippen molar-refractivity contribution in [2.24, 2.45) is 0 Å². The average molecular weight is 347 g/mol. The predicted octanol–water partition coefficient (Wildman–Crippen LogP) is 3.76. The van der Waals surface area contributed by atoms with E-state index in [1.807, 2.05) is 32.0 Å². The van der Waals surface area contributed by atoms with Crippen LogP contribution in [0.15, 0.2) is 24.3 Å². The molecule has 24 heavy (non-hydrogen) atoms. The van der Waals surface area contributed by atoms with Crippen molar-refractivity contribution in [2.75, 3.05) is 11.9 Å². The second kappa shape index (κ2) is 7.45. The molecule has 0 bridgehead atoms. The highest BCUT2D eigenvalue weighted by molar-refractivity contribution is 6.32. The third kappa shape index (κ3) is 4.32. The van der Waals surface area contributed by atoms with E-state index in [1.165, 1.54) is 0 Å². The van der Waals surface area contributed by atoms with E-state index in [1.54, 1.807) is 19.9 Å². The molecule has 6 heteroatoms. The number of benzene rings is 1. The molecule has 1 N–H and O–H groups in total. The lowest BCUT2D eigenvalue weighted by Gasteiger charge is -2.11. The number of aryl methyl sites for hydroxylation is 4. The molecular formula is C18H19ClN2O3. The molecule has 2 rings (SSSR count). The van der Waals surface area contributed by atoms with Gasteiger partial charge in [0.05, 0.1) is 5.56 Å². The topological polar surface area (TPSA) is 68.3 Å². The summed E-state index contributed by atoms with van der Waals surface area (Å²) >= 11 is 6.00. The van der Waals surface area contributed by atoms with Gasteiger partial charge in [0.1, 0.15) is 5.15 Å². The van der Waals surface area contributed by atoms with Crippen molar-refractivity contribution in [2.45, 2.75) is 27.7 Å². The summed E-state index contributed by atoms with van der Waals surface area (Å²) in [5, 5.41) is 2.79. The van der Waals surface area contributed by atoms with Crippen molar-refractivity contribution >= 4 is 29.2 Å². The number of anilines is 1. The fourth-order valence-electron chi connectivity index (χ4n) is 2.38. The molecule has 1 amide bonds. The van der Waals surface area contributed by atoms with E-state index >= 15 is 0 Å². The van der Waals surface area contributed by atoms with E-state index in [-0.39, 0.29) is 10.7 Å². The minimum absolute atomic E-state index is 0.0762. The molecule has 0 saturated heterocycles. The first-order valence-corrected chi connectivity index (χ1v) is 7.83. The highest BCUT2D eigenvalue weighted by Gasteiger charge is 2.18. The van der Waals surface area contributed by atoms with Crippen molar-refractivity contribution in [3.05, 3.63) is 57.4 Å². The van der Waals surface area contributed by atoms with Gasteiger partial charge in [-0.05, 0) is 51.0 Å². The molecule has 0 aliphatic carbocycles. The molecule has 0 spiro atoms. The first kappa shape index (κ1) is 17.9. The Morgan fingerprint density at radius 2 is 1.83 bits per heavy atom. The van der Waals surface area contributed by atoms with Gasteiger partial charge in [-0.25, -0.2) is 9.78 Å². The third-order valence-electron chi connectivity index (χ3n) is 3.50. The van der Waals surface area contributed by atoms with Crippen LogP contribution in [0, 0.1) is 27.7 Å². The summed E-state index contributed by atoms with van der Waals surface area (Å²) in [6.07, 6.45) is 0. The van der Waals surface area contributed by atoms with Crippen LogP contribution in [0.25, 0.3) is 0 Å². The van der Waals surface area contributed by atoms with Crippen molar-refractivity contribution in [1.29, 1.82) is 0 Å². The van der Waals surface area contributed by atoms with Crippen molar-refractivity contribution in [1.82, 2.24) is 4.98 Å². The van der Waals surface area contributed by atoms with Gasteiger partial charge in [-0.2, -0.15) is 0 Å². The minimum atomic E-state index is -0.666. The summed E-state index contributed by atoms with van der Waals surface area (Å²) in [5.41, 5.74) is 4.29. The zero-order valence-corrected chi connectivity index (χ0v) is 14.8. The number of rotatable bonds is 4. The Labute approximate surface area is 146 Å². The molecule has 1 aromatic carbocycles. The minimum Gasteiger partial charge on any atom is -0.452 e. The van der Waals surface area contributed by atoms with Gasteiger partial charge in [0.2, 0.25) is 0 Å². The van der Waals surface area contributed by atoms with Crippen LogP contribution in [0.1, 0.15) is 32.7 Å². The quantitative estimate of drug-likeness (QED) is 0.676. The zero-order valence-electron chi connectivity index (χ0n) is 14.1. The summed E-state index contributed by atoms with van der Waals surface area (Å²) in [6.45, 7) is 7.01. The SMILES string of the molecule is Cc1ccc(NC(=O)COC(=O)c2c(C)cc(C)nc2Cl)c(C)c1. The monoisotopic (exact) mass is 346 g/mol. The molecule has 0 atom stereocenters. The van der Waals surface area contributed by atoms with Crippen LogP contribution in [0.2, 0.25) is 5.15 Å². The van der Waals surface area contributed by atoms with Gasteiger partial charge in [-0.3, -0.25) is 4.79 Å². The molecule has 0 aliphatic rings. The third-order valence-corrected chi connectivity index (χ3v) is 3.77. The van der Waals surface area contributed by atoms with E-state index in [0.29, 0.717) is 16.9 Å². The predicted molar refractivity (Wildman–Crippen MR) is 93.5 cm³/mol. The number of ether oxygens (including phenoxy) is 1. The first-order chi connectivity index (χ1) is 11.3. The number of halogens is 1. The molecule has 126 valence electrons. The van der Waals surface area contributed by atoms with Gasteiger partial charge in [-0.1, -0.05) is 29.3 Å². The number of nitrogens with zero attached hydrogens (tertiary/aromatic N) is 1. The van der Waals surface area contributed by atoms with E-state index < -0.39 is 18.5 Å². The number of hydrogen-bond acceptors (Lipinski definition) is 4. The van der Waals surface area contributed by atoms with Gasteiger partial charge in [0.15, 0.2) is 6.61 Å². The number of hydrogen-bond donors (Lipinski definition) is 1. The van der Waals surface area contributed by atoms with Crippen molar-refractivity contribution in [3.8, 4) is 0 Å². The maximum atomic E-state index is 12.1. The maximum absolute atomic E-state index is 12.1. The van der Waals surface area contributed by atoms with Gasteiger partial charge < -0.3 is 10.1 Å². The Kier molecular flexibility index (Phi) is 5.57. The van der Waals surface area contributed by atoms with Crippen molar-refractivity contribution < 1.29 is 14.3 Å². The Balaban J connectivity index is 2.00. The molecule has 0 saturated carbocycles. The van der Waals surface area contributed by atoms with Gasteiger partial charge >= 0.3 is 5.97 Å². The summed E-state index contributed by atoms with van der Waals surface area (Å²) in [7, 11) is 0. The van der Waals surface area contributed by atoms with Crippen LogP contribution < -0.4 is 5.32 Å². The van der Waals surface area contributed by atoms with E-state index in [9.17, 15) is 9.59 Å². The van der Waals surface area contributed by atoms with Gasteiger partial charge in [0.25, 0.3) is 5.91 Å². The number of aromatic nitrogens is 1. The molecule has 1 aromatic heterocycles. The van der Waals surface area contributed by atoms with Crippen LogP contribution >= 0.6 is 11.6 Å². The molecule has 0 radical (unpaired) electrons. The largest absolute Gasteiger partial charge is 0.452 e. The highest BCUT2D eigenvalue weighted by Crippen LogP contribution is 2.20. The second-order valence-electron chi connectivity index (χ2n) is 5.69. The van der Waals surface area contributed by atoms with E-state index in [0.717, 1.165) is 11.1 Å². The fourth-order valence-corrected chi connectivity index (χ4v) is 2.74. The fraction of sp³-hybridized carbons (Fsp3) is 0.278. The number of amides is 1. The lowest BCUT2D eigenvalue weighted by atomic mass is 10.1. The standard InChI is InChI=1S/C18H19ClN2O3/c1-10-5-6-14(11(2)7-10)21-15(22)9-24-18(23)16-12(3)8-13(4)20-17(16)19/h5-8H,9H2,1-4H3,(H,21,22). The normalized spacial score (nSPS) is 10.4. The molecule has 0 aliphatic heterocycles. The van der Waals surface area contributed by atoms with Crippen LogP contribution in [-0.2, 0) is 9.53 Å². The van der Waals surface area contributed by atoms with E-state index in [2.05, 4.69) is 10.3 Å². The van der Waals surface area contributed by atoms with Gasteiger partial charge in [0, 0.05) is 11.4 Å². The zero-order chi connectivity index (χ0) is 17.9. The Morgan fingerprint density at radius 1 is 1.12 bits per heavy atom. The number of carbonyl (C=O) groups is 2. The average Bonchev–Trinajstić information content (AvgIpc) is 2.47. The van der Waals surface area contributed by atoms with E-state index in [4.69, 9.17) is 16.3 Å². The molecule has 0 fully saturated rings. The number of esters is 1. The number of nitrogens with one attached hydrogen (secondary N) is 1. The summed E-state index contributed by atoms with van der Waals surface area (Å²) in [4.78, 5) is 28.1. The Morgan fingerprint density at radius 3 is 2.46 bits per heavy atom. The number of carbonyl (C=O) groups excluding carboxylic acids is 2. The van der Waals surface area contributed by atoms with Crippen LogP contribution in [-0.4, -0.2) is 23.5 Å². The lowest BCUT2D eigenvalue weighted by molar-refractivity contribution is -0.119. The Hall–Kier alpha value is -2.40. The smallest absolute Gasteiger partial charge is 0.342 e. The molecular weight excluding hydrogens is 328 g/mol. The summed E-state index contributed by atoms with van der Waals surface area (Å²) < 4.78 is 5.05. The molecule has 0 unspecified atom stereocenters. The second-order valence-corrected chi connectivity index (χ2v) is 6.05. The van der Waals surface area contributed by atoms with Crippen LogP contribution in [0.3, 0.4) is 0 Å². The van der Waals surface area contributed by atoms with Crippen LogP contribution in [0.5, 0.6) is 0 Å². The molecule has 1 heterocycles. The number of pyridine rings is 1. The highest BCUT2D eigenvalue weighted by atomic mass is 35.5. The van der Waals surface area contributed by atoms with Crippen molar-refractivity contribution in [3.63, 3.8) is 0 Å². The molecule has 5 nitrogen and oxygen atoms in total. The van der Waals surface area contributed by atoms with Gasteiger partial charge in [-0.15, -0.1) is 0 Å². The Bertz CT molecular complexity index is 780. The summed E-state index contributed by atoms with van der Waals surface area (Å²) in [6, 6.07) is 7.41. The molecule has 2 aromatic rings. The lowest BCUT2D eigenvalue weighted by Crippen LogP contribution is -2.22.